The molecule has 0 aliphatic heterocycles. The molecule has 3 heterocycles. The van der Waals surface area contributed by atoms with Crippen LogP contribution in [-0.2, 0) is 19.5 Å². The lowest BCUT2D eigenvalue weighted by Gasteiger charge is -2.16. The molecule has 10 heteroatoms. The van der Waals surface area contributed by atoms with Crippen LogP contribution < -0.4 is 14.8 Å². The Labute approximate surface area is 207 Å². The van der Waals surface area contributed by atoms with Crippen molar-refractivity contribution in [3.05, 3.63) is 58.1 Å². The Kier molecular flexibility index (Phi) is 7.41. The molecule has 1 aromatic carbocycles. The molecule has 0 saturated heterocycles. The number of methoxy groups -OCH3 is 2. The van der Waals surface area contributed by atoms with Gasteiger partial charge >= 0.3 is 0 Å². The number of hydrogen-bond acceptors (Lipinski definition) is 7. The van der Waals surface area contributed by atoms with Crippen LogP contribution in [0.15, 0.2) is 36.8 Å². The molecule has 0 aliphatic carbocycles. The Balaban J connectivity index is 1.83. The first kappa shape index (κ1) is 24.1. The highest BCUT2D eigenvalue weighted by Crippen LogP contribution is 2.46. The maximum Gasteiger partial charge on any atom is 0.141 e. The number of anilines is 1. The van der Waals surface area contributed by atoms with E-state index < -0.39 is 0 Å². The highest BCUT2D eigenvalue weighted by atomic mass is 35.5. The number of aryl methyl sites for hydroxylation is 1. The van der Waals surface area contributed by atoms with Crippen molar-refractivity contribution in [1.82, 2.24) is 19.7 Å². The van der Waals surface area contributed by atoms with E-state index in [1.807, 2.05) is 24.5 Å². The summed E-state index contributed by atoms with van der Waals surface area (Å²) in [6.07, 6.45) is 6.27. The molecule has 0 radical (unpaired) electrons. The Morgan fingerprint density at radius 2 is 1.79 bits per heavy atom. The van der Waals surface area contributed by atoms with Gasteiger partial charge in [0.25, 0.3) is 0 Å². The number of aliphatic hydroxyl groups excluding tert-OH is 1. The second-order valence-electron chi connectivity index (χ2n) is 7.58. The summed E-state index contributed by atoms with van der Waals surface area (Å²) in [5.74, 6) is 1.53. The fraction of sp³-hybridized carbons (Fsp3) is 0.292. The van der Waals surface area contributed by atoms with Crippen molar-refractivity contribution in [3.63, 3.8) is 0 Å². The molecule has 8 nitrogen and oxygen atoms in total. The monoisotopic (exact) mass is 501 g/mol. The quantitative estimate of drug-likeness (QED) is 0.333. The lowest BCUT2D eigenvalue weighted by molar-refractivity contribution is 0.269. The Morgan fingerprint density at radius 3 is 2.44 bits per heavy atom. The molecule has 0 saturated carbocycles. The van der Waals surface area contributed by atoms with Crippen LogP contribution in [0.3, 0.4) is 0 Å². The minimum atomic E-state index is 0.0289. The number of aromatic nitrogens is 4. The number of benzene rings is 1. The second kappa shape index (κ2) is 10.5. The SMILES string of the molecule is CCc1cc2c(NCc3cnn(CCO)c3)nc(-c3c(Cl)c(OC)cc(OC)c3Cl)cc2cn1. The molecule has 4 rings (SSSR count). The van der Waals surface area contributed by atoms with Gasteiger partial charge < -0.3 is 19.9 Å². The summed E-state index contributed by atoms with van der Waals surface area (Å²) in [7, 11) is 3.07. The largest absolute Gasteiger partial charge is 0.495 e. The first-order valence-corrected chi connectivity index (χ1v) is 11.5. The zero-order valence-electron chi connectivity index (χ0n) is 19.1. The Hall–Kier alpha value is -3.07. The van der Waals surface area contributed by atoms with E-state index in [2.05, 4.69) is 22.3 Å². The Morgan fingerprint density at radius 1 is 1.06 bits per heavy atom. The van der Waals surface area contributed by atoms with E-state index in [9.17, 15) is 0 Å². The molecular formula is C24H25Cl2N5O3. The number of rotatable bonds is 9. The van der Waals surface area contributed by atoms with Crippen molar-refractivity contribution in [2.75, 3.05) is 26.1 Å². The van der Waals surface area contributed by atoms with E-state index in [1.54, 1.807) is 16.9 Å². The third kappa shape index (κ3) is 4.75. The first-order chi connectivity index (χ1) is 16.5. The third-order valence-corrected chi connectivity index (χ3v) is 6.19. The average Bonchev–Trinajstić information content (AvgIpc) is 3.30. The highest BCUT2D eigenvalue weighted by molar-refractivity contribution is 6.41. The van der Waals surface area contributed by atoms with Crippen LogP contribution >= 0.6 is 23.2 Å². The van der Waals surface area contributed by atoms with Gasteiger partial charge in [-0.05, 0) is 18.6 Å². The van der Waals surface area contributed by atoms with E-state index >= 15 is 0 Å². The van der Waals surface area contributed by atoms with Crippen molar-refractivity contribution in [3.8, 4) is 22.8 Å². The van der Waals surface area contributed by atoms with Crippen molar-refractivity contribution >= 4 is 39.8 Å². The van der Waals surface area contributed by atoms with Gasteiger partial charge in [0.05, 0.1) is 49.3 Å². The summed E-state index contributed by atoms with van der Waals surface area (Å²) < 4.78 is 12.5. The normalized spacial score (nSPS) is 11.1. The van der Waals surface area contributed by atoms with Gasteiger partial charge in [0, 0.05) is 52.6 Å². The number of nitrogens with zero attached hydrogens (tertiary/aromatic N) is 4. The van der Waals surface area contributed by atoms with Gasteiger partial charge in [-0.25, -0.2) is 4.98 Å². The molecular weight excluding hydrogens is 477 g/mol. The molecule has 34 heavy (non-hydrogen) atoms. The van der Waals surface area contributed by atoms with Crippen molar-refractivity contribution < 1.29 is 14.6 Å². The van der Waals surface area contributed by atoms with E-state index in [0.717, 1.165) is 28.5 Å². The van der Waals surface area contributed by atoms with Gasteiger partial charge in [-0.1, -0.05) is 30.1 Å². The first-order valence-electron chi connectivity index (χ1n) is 10.7. The predicted octanol–water partition coefficient (Wildman–Crippen LogP) is 4.98. The summed E-state index contributed by atoms with van der Waals surface area (Å²) in [5, 5.41) is 19.3. The maximum absolute atomic E-state index is 9.13. The molecule has 0 amide bonds. The predicted molar refractivity (Wildman–Crippen MR) is 134 cm³/mol. The zero-order valence-corrected chi connectivity index (χ0v) is 20.6. The fourth-order valence-electron chi connectivity index (χ4n) is 3.66. The number of nitrogens with one attached hydrogen (secondary N) is 1. The van der Waals surface area contributed by atoms with Gasteiger partial charge in [0.1, 0.15) is 17.3 Å². The highest BCUT2D eigenvalue weighted by Gasteiger charge is 2.21. The van der Waals surface area contributed by atoms with Crippen LogP contribution in [0, 0.1) is 0 Å². The fourth-order valence-corrected chi connectivity index (χ4v) is 4.36. The number of pyridine rings is 2. The molecule has 0 fully saturated rings. The summed E-state index contributed by atoms with van der Waals surface area (Å²) in [6.45, 7) is 3.02. The van der Waals surface area contributed by atoms with E-state index in [-0.39, 0.29) is 6.61 Å². The number of aliphatic hydroxyl groups is 1. The molecule has 0 bridgehead atoms. The lowest BCUT2D eigenvalue weighted by Crippen LogP contribution is -2.04. The number of fused-ring (bicyclic) bond motifs is 1. The van der Waals surface area contributed by atoms with Crippen molar-refractivity contribution in [2.45, 2.75) is 26.4 Å². The molecule has 178 valence electrons. The van der Waals surface area contributed by atoms with Gasteiger partial charge in [-0.2, -0.15) is 5.10 Å². The van der Waals surface area contributed by atoms with E-state index in [4.69, 9.17) is 42.8 Å². The Bertz CT molecular complexity index is 1300. The molecule has 0 spiro atoms. The summed E-state index contributed by atoms with van der Waals surface area (Å²) in [6, 6.07) is 5.57. The van der Waals surface area contributed by atoms with Gasteiger partial charge in [-0.15, -0.1) is 0 Å². The molecule has 0 unspecified atom stereocenters. The van der Waals surface area contributed by atoms with Crippen LogP contribution in [0.2, 0.25) is 10.0 Å². The average molecular weight is 502 g/mol. The molecule has 0 aliphatic rings. The zero-order chi connectivity index (χ0) is 24.2. The molecule has 4 aromatic rings. The topological polar surface area (TPSA) is 94.3 Å². The van der Waals surface area contributed by atoms with Crippen molar-refractivity contribution in [2.24, 2.45) is 0 Å². The lowest BCUT2D eigenvalue weighted by atomic mass is 10.1. The van der Waals surface area contributed by atoms with Gasteiger partial charge in [0.15, 0.2) is 0 Å². The van der Waals surface area contributed by atoms with Crippen LogP contribution in [0.5, 0.6) is 11.5 Å². The number of ether oxygens (including phenoxy) is 2. The van der Waals surface area contributed by atoms with Crippen LogP contribution in [0.1, 0.15) is 18.2 Å². The molecule has 0 atom stereocenters. The van der Waals surface area contributed by atoms with Gasteiger partial charge in [-0.3, -0.25) is 9.67 Å². The summed E-state index contributed by atoms with van der Waals surface area (Å²) in [4.78, 5) is 9.44. The van der Waals surface area contributed by atoms with Crippen LogP contribution in [-0.4, -0.2) is 45.7 Å². The summed E-state index contributed by atoms with van der Waals surface area (Å²) >= 11 is 13.3. The van der Waals surface area contributed by atoms with Gasteiger partial charge in [0.2, 0.25) is 0 Å². The minimum Gasteiger partial charge on any atom is -0.495 e. The van der Waals surface area contributed by atoms with Crippen molar-refractivity contribution in [1.29, 1.82) is 0 Å². The van der Waals surface area contributed by atoms with Crippen LogP contribution in [0.4, 0.5) is 5.82 Å². The second-order valence-corrected chi connectivity index (χ2v) is 8.34. The van der Waals surface area contributed by atoms with E-state index in [0.29, 0.717) is 51.7 Å². The third-order valence-electron chi connectivity index (χ3n) is 5.44. The number of halogens is 2. The maximum atomic E-state index is 9.13. The molecule has 2 N–H and O–H groups in total. The van der Waals surface area contributed by atoms with Crippen LogP contribution in [0.25, 0.3) is 22.0 Å². The minimum absolute atomic E-state index is 0.0289. The number of hydrogen-bond donors (Lipinski definition) is 2. The summed E-state index contributed by atoms with van der Waals surface area (Å²) in [5.41, 5.74) is 2.99. The van der Waals surface area contributed by atoms with E-state index in [1.165, 1.54) is 14.2 Å². The standard InChI is InChI=1S/C24H25Cl2N5O3/c1-4-16-8-17-15(12-27-16)7-18(21-22(25)19(33-2)9-20(34-3)23(21)26)30-24(17)28-10-14-11-29-31(13-14)5-6-32/h7-9,11-13,32H,4-6,10H2,1-3H3,(H,28,30). The smallest absolute Gasteiger partial charge is 0.141 e. The molecule has 3 aromatic heterocycles.